The van der Waals surface area contributed by atoms with E-state index in [9.17, 15) is 34.2 Å². The van der Waals surface area contributed by atoms with E-state index >= 15 is 0 Å². The zero-order valence-electron chi connectivity index (χ0n) is 55.7. The van der Waals surface area contributed by atoms with Crippen LogP contribution in [0.25, 0.3) is 11.1 Å². The lowest BCUT2D eigenvalue weighted by Gasteiger charge is -2.21. The van der Waals surface area contributed by atoms with Crippen molar-refractivity contribution >= 4 is 51.9 Å². The van der Waals surface area contributed by atoms with E-state index in [0.717, 1.165) is 53.7 Å². The molecule has 10 nitrogen and oxygen atoms in total. The number of ether oxygens (including phenoxy) is 1. The molecule has 7 aromatic carbocycles. The normalized spacial score (nSPS) is 12.5. The largest absolute Gasteiger partial charge is 0.507 e. The quantitative estimate of drug-likeness (QED) is 0.0165. The minimum Gasteiger partial charge on any atom is -0.507 e. The summed E-state index contributed by atoms with van der Waals surface area (Å²) in [6, 6.07) is 45.0. The fraction of sp³-hybridized carbons (Fsp3) is 0.434. The van der Waals surface area contributed by atoms with E-state index in [2.05, 4.69) is 36.6 Å². The van der Waals surface area contributed by atoms with Crippen molar-refractivity contribution in [3.8, 4) is 22.6 Å². The number of phenolic OH excluding ortho intramolecular Hbond substituents is 2. The number of hydrogen-bond acceptors (Lipinski definition) is 10. The molecule has 0 aliphatic heterocycles. The van der Waals surface area contributed by atoms with Gasteiger partial charge in [-0.2, -0.15) is 0 Å². The molecule has 492 valence electrons. The average molecular weight is 1260 g/mol. The summed E-state index contributed by atoms with van der Waals surface area (Å²) < 4.78 is 6.03. The standard InChI is InChI=1S/C63H89NO5.C20H13NO3/c1-3-5-7-9-11-13-15-17-19-20-22-24-26-28-30-32-36-53(35-31-29-27-25-23-21-18-16-14-12-10-8-6-4-2)63(68)69-49-50-39-41-51(42-40-50)52-43-45-54(46-44-52)64-57-47-48-58(65)60-59(57)61(66)55-37-33-34-38-56(55)62(60)67;22-16-11-10-15(21-12-6-2-1-3-7-12)17-18(16)20(24)14-9-5-4-8-13(14)19(17)23/h33-34,37-48,53,64-65H,3-32,35-36,49H2,1-2H3;1-11,21-22H. The van der Waals surface area contributed by atoms with E-state index in [4.69, 9.17) is 4.74 Å². The lowest BCUT2D eigenvalue weighted by atomic mass is 9.82. The number of fused-ring (bicyclic) bond motifs is 4. The van der Waals surface area contributed by atoms with Crippen LogP contribution in [0.2, 0.25) is 0 Å². The Balaban J connectivity index is 0.000000381. The van der Waals surface area contributed by atoms with Gasteiger partial charge in [-0.3, -0.25) is 24.0 Å². The summed E-state index contributed by atoms with van der Waals surface area (Å²) in [5.74, 6) is -1.72. The SMILES string of the molecule is CCCCCCCCCCCCCCCCCCC(CCCCCCCCCCCCCCCC)C(=O)OCc1ccc(-c2ccc(Nc3ccc(O)c4c3C(=O)c3ccccc3C4=O)cc2)cc1.O=C1c2ccccc2C(=O)c2c(Nc3ccccc3)ccc(O)c21. The Morgan fingerprint density at radius 2 is 0.645 bits per heavy atom. The molecule has 0 spiro atoms. The molecule has 1 atom stereocenters. The van der Waals surface area contributed by atoms with Gasteiger partial charge >= 0.3 is 5.97 Å². The van der Waals surface area contributed by atoms with Gasteiger partial charge in [0.15, 0.2) is 23.1 Å². The molecule has 1 unspecified atom stereocenters. The van der Waals surface area contributed by atoms with Crippen molar-refractivity contribution in [2.75, 3.05) is 10.6 Å². The van der Waals surface area contributed by atoms with E-state index in [1.807, 2.05) is 66.7 Å². The Bertz CT molecular complexity index is 3480. The van der Waals surface area contributed by atoms with E-state index < -0.39 is 0 Å². The minimum absolute atomic E-state index is 0.0261. The van der Waals surface area contributed by atoms with Crippen LogP contribution in [0.15, 0.2) is 152 Å². The third kappa shape index (κ3) is 21.2. The van der Waals surface area contributed by atoms with Crippen LogP contribution in [0.3, 0.4) is 0 Å². The predicted molar refractivity (Wildman–Crippen MR) is 380 cm³/mol. The topological polar surface area (TPSA) is 159 Å². The van der Waals surface area contributed by atoms with Crippen LogP contribution in [0, 0.1) is 5.92 Å². The van der Waals surface area contributed by atoms with Crippen LogP contribution >= 0.6 is 0 Å². The first-order valence-electron chi connectivity index (χ1n) is 35.6. The van der Waals surface area contributed by atoms with Gasteiger partial charge < -0.3 is 25.6 Å². The zero-order valence-corrected chi connectivity index (χ0v) is 55.7. The number of benzene rings is 7. The predicted octanol–water partition coefficient (Wildman–Crippen LogP) is 22.7. The van der Waals surface area contributed by atoms with Crippen LogP contribution in [0.1, 0.15) is 289 Å². The number of nitrogens with one attached hydrogen (secondary N) is 2. The van der Waals surface area contributed by atoms with Crippen LogP contribution < -0.4 is 10.6 Å². The lowest BCUT2D eigenvalue weighted by molar-refractivity contribution is -0.150. The second kappa shape index (κ2) is 38.8. The molecule has 93 heavy (non-hydrogen) atoms. The summed E-state index contributed by atoms with van der Waals surface area (Å²) in [6.45, 7) is 4.85. The molecule has 0 heterocycles. The second-order valence-corrected chi connectivity index (χ2v) is 25.8. The number of phenols is 2. The van der Waals surface area contributed by atoms with Crippen LogP contribution in [-0.2, 0) is 16.1 Å². The summed E-state index contributed by atoms with van der Waals surface area (Å²) in [5.41, 5.74) is 7.33. The van der Waals surface area contributed by atoms with Crippen molar-refractivity contribution in [3.63, 3.8) is 0 Å². The first-order valence-corrected chi connectivity index (χ1v) is 35.6. The highest BCUT2D eigenvalue weighted by atomic mass is 16.5. The van der Waals surface area contributed by atoms with Crippen LogP contribution in [0.4, 0.5) is 22.7 Å². The molecule has 10 heteroatoms. The zero-order chi connectivity index (χ0) is 65.4. The molecule has 0 bridgehead atoms. The Morgan fingerprint density at radius 3 is 1.00 bits per heavy atom. The molecule has 4 N–H and O–H groups in total. The number of carbonyl (C=O) groups excluding carboxylic acids is 5. The first kappa shape index (κ1) is 70.8. The third-order valence-electron chi connectivity index (χ3n) is 18.6. The molecule has 2 aliphatic carbocycles. The summed E-state index contributed by atoms with van der Waals surface area (Å²) >= 11 is 0. The fourth-order valence-corrected chi connectivity index (χ4v) is 13.2. The number of aromatic hydroxyl groups is 2. The molecular formula is C83H102N2O8. The van der Waals surface area contributed by atoms with Gasteiger partial charge in [0.1, 0.15) is 18.1 Å². The van der Waals surface area contributed by atoms with E-state index in [1.165, 1.54) is 192 Å². The van der Waals surface area contributed by atoms with Crippen molar-refractivity contribution in [1.82, 2.24) is 0 Å². The summed E-state index contributed by atoms with van der Waals surface area (Å²) in [6.07, 6.45) is 42.1. The minimum atomic E-state index is -0.361. The number of unbranched alkanes of at least 4 members (excludes halogenated alkanes) is 28. The van der Waals surface area contributed by atoms with Crippen LogP contribution in [-0.4, -0.2) is 39.3 Å². The lowest BCUT2D eigenvalue weighted by Crippen LogP contribution is -2.22. The second-order valence-electron chi connectivity index (χ2n) is 25.8. The Kier molecular flexibility index (Phi) is 29.5. The van der Waals surface area contributed by atoms with Gasteiger partial charge in [-0.15, -0.1) is 0 Å². The van der Waals surface area contributed by atoms with Gasteiger partial charge in [-0.05, 0) is 78.1 Å². The summed E-state index contributed by atoms with van der Waals surface area (Å²) in [7, 11) is 0. The van der Waals surface area contributed by atoms with Gasteiger partial charge in [0.05, 0.1) is 39.5 Å². The molecule has 0 amide bonds. The van der Waals surface area contributed by atoms with Gasteiger partial charge in [0.25, 0.3) is 0 Å². The molecule has 0 fully saturated rings. The van der Waals surface area contributed by atoms with Gasteiger partial charge in [-0.25, -0.2) is 0 Å². The molecule has 0 radical (unpaired) electrons. The number of para-hydroxylation sites is 1. The summed E-state index contributed by atoms with van der Waals surface area (Å²) in [4.78, 5) is 66.1. The summed E-state index contributed by atoms with van der Waals surface area (Å²) in [5, 5.41) is 27.2. The maximum Gasteiger partial charge on any atom is 0.309 e. The van der Waals surface area contributed by atoms with Gasteiger partial charge in [0, 0.05) is 33.6 Å². The Morgan fingerprint density at radius 1 is 0.344 bits per heavy atom. The third-order valence-corrected chi connectivity index (χ3v) is 18.6. The monoisotopic (exact) mass is 1250 g/mol. The highest BCUT2D eigenvalue weighted by molar-refractivity contribution is 6.32. The molecule has 9 rings (SSSR count). The van der Waals surface area contributed by atoms with Crippen molar-refractivity contribution in [2.45, 2.75) is 226 Å². The first-order chi connectivity index (χ1) is 45.6. The smallest absolute Gasteiger partial charge is 0.309 e. The number of esters is 1. The van der Waals surface area contributed by atoms with Crippen molar-refractivity contribution in [1.29, 1.82) is 0 Å². The van der Waals surface area contributed by atoms with E-state index in [0.29, 0.717) is 33.6 Å². The maximum absolute atomic E-state index is 13.6. The number of hydrogen-bond donors (Lipinski definition) is 4. The number of anilines is 4. The molecular weight excluding hydrogens is 1150 g/mol. The number of ketones is 4. The highest BCUT2D eigenvalue weighted by Gasteiger charge is 2.35. The van der Waals surface area contributed by atoms with Gasteiger partial charge in [-0.1, -0.05) is 310 Å². The molecule has 0 saturated heterocycles. The molecule has 0 aromatic heterocycles. The average Bonchev–Trinajstić information content (AvgIpc) is 0.759. The van der Waals surface area contributed by atoms with Crippen LogP contribution in [0.5, 0.6) is 11.5 Å². The molecule has 0 saturated carbocycles. The Hall–Kier alpha value is -8.11. The molecule has 7 aromatic rings. The van der Waals surface area contributed by atoms with Crippen molar-refractivity contribution in [3.05, 3.63) is 202 Å². The highest BCUT2D eigenvalue weighted by Crippen LogP contribution is 2.40. The van der Waals surface area contributed by atoms with Gasteiger partial charge in [0.2, 0.25) is 0 Å². The van der Waals surface area contributed by atoms with Crippen molar-refractivity contribution < 1.29 is 38.9 Å². The number of carbonyl (C=O) groups is 5. The maximum atomic E-state index is 13.6. The fourth-order valence-electron chi connectivity index (χ4n) is 13.2. The Labute approximate surface area is 554 Å². The van der Waals surface area contributed by atoms with E-state index in [1.54, 1.807) is 60.7 Å². The number of rotatable bonds is 40. The van der Waals surface area contributed by atoms with Crippen molar-refractivity contribution in [2.24, 2.45) is 5.92 Å². The van der Waals surface area contributed by atoms with E-state index in [-0.39, 0.29) is 75.4 Å². The molecule has 2 aliphatic rings.